The molecule has 5 nitrogen and oxygen atoms in total. The highest BCUT2D eigenvalue weighted by atomic mass is 35.5. The van der Waals surface area contributed by atoms with Crippen molar-refractivity contribution in [1.82, 2.24) is 14.8 Å². The zero-order chi connectivity index (χ0) is 19.3. The van der Waals surface area contributed by atoms with Gasteiger partial charge in [-0.05, 0) is 56.5 Å². The Morgan fingerprint density at radius 2 is 1.89 bits per heavy atom. The highest BCUT2D eigenvalue weighted by molar-refractivity contribution is 6.30. The molecule has 0 saturated carbocycles. The highest BCUT2D eigenvalue weighted by Crippen LogP contribution is 2.27. The van der Waals surface area contributed by atoms with Crippen LogP contribution in [0.3, 0.4) is 0 Å². The van der Waals surface area contributed by atoms with Gasteiger partial charge in [0.2, 0.25) is 5.91 Å². The molecule has 1 amide bonds. The fourth-order valence-electron chi connectivity index (χ4n) is 4.21. The molecule has 6 heteroatoms. The van der Waals surface area contributed by atoms with Crippen LogP contribution >= 0.6 is 11.6 Å². The second kappa shape index (κ2) is 9.10. The van der Waals surface area contributed by atoms with Crippen LogP contribution in [0.5, 0.6) is 0 Å². The molecule has 0 radical (unpaired) electrons. The average Bonchev–Trinajstić information content (AvgIpc) is 3.19. The highest BCUT2D eigenvalue weighted by Gasteiger charge is 2.28. The second-order valence-electron chi connectivity index (χ2n) is 7.98. The van der Waals surface area contributed by atoms with Crippen LogP contribution < -0.4 is 0 Å². The molecule has 1 aromatic carbocycles. The fraction of sp³-hybridized carbons (Fsp3) is 0.545. The lowest BCUT2D eigenvalue weighted by Gasteiger charge is -2.34. The minimum absolute atomic E-state index is 0.193. The van der Waals surface area contributed by atoms with Crippen molar-refractivity contribution < 1.29 is 9.21 Å². The van der Waals surface area contributed by atoms with Gasteiger partial charge in [0.1, 0.15) is 5.76 Å². The number of halogens is 1. The molecule has 1 aromatic heterocycles. The van der Waals surface area contributed by atoms with Gasteiger partial charge in [-0.1, -0.05) is 30.2 Å². The van der Waals surface area contributed by atoms with Gasteiger partial charge in [0, 0.05) is 24.5 Å². The Kier molecular flexibility index (Phi) is 6.33. The molecule has 3 heterocycles. The summed E-state index contributed by atoms with van der Waals surface area (Å²) in [4.78, 5) is 21.6. The van der Waals surface area contributed by atoms with E-state index in [2.05, 4.69) is 9.88 Å². The maximum absolute atomic E-state index is 12.7. The quantitative estimate of drug-likeness (QED) is 0.756. The van der Waals surface area contributed by atoms with Gasteiger partial charge in [-0.3, -0.25) is 9.69 Å². The van der Waals surface area contributed by atoms with E-state index >= 15 is 0 Å². The van der Waals surface area contributed by atoms with E-state index in [9.17, 15) is 4.79 Å². The number of oxazole rings is 1. The predicted octanol–water partition coefficient (Wildman–Crippen LogP) is 4.11. The molecule has 2 aliphatic heterocycles. The third-order valence-electron chi connectivity index (χ3n) is 5.79. The zero-order valence-corrected chi connectivity index (χ0v) is 17.0. The molecule has 2 fully saturated rings. The maximum atomic E-state index is 12.7. The summed E-state index contributed by atoms with van der Waals surface area (Å²) in [5, 5.41) is 0.735. The van der Waals surface area contributed by atoms with E-state index in [4.69, 9.17) is 16.0 Å². The summed E-state index contributed by atoms with van der Waals surface area (Å²) in [7, 11) is 0. The Hall–Kier alpha value is -1.85. The number of hydrogen-bond donors (Lipinski definition) is 0. The Morgan fingerprint density at radius 3 is 2.68 bits per heavy atom. The third-order valence-corrected chi connectivity index (χ3v) is 6.05. The van der Waals surface area contributed by atoms with Gasteiger partial charge in [-0.2, -0.15) is 0 Å². The lowest BCUT2D eigenvalue weighted by Crippen LogP contribution is -2.45. The molecule has 1 atom stereocenters. The first-order valence-electron chi connectivity index (χ1n) is 10.4. The van der Waals surface area contributed by atoms with Crippen LogP contribution in [0.15, 0.2) is 34.9 Å². The standard InChI is InChI=1S/C22H28ClN3O2/c23-19-8-6-17(7-9-19)13-20-14-24-22(28-20)18-5-4-12-26(15-18)21(27)16-25-10-2-1-3-11-25/h6-9,14,18H,1-5,10-13,15-16H2/t18-/m0/s1. The van der Waals surface area contributed by atoms with Crippen LogP contribution in [-0.2, 0) is 11.2 Å². The SMILES string of the molecule is O=C(CN1CCCCC1)N1CCC[C@H](c2ncc(Cc3ccc(Cl)cc3)o2)C1. The van der Waals surface area contributed by atoms with Crippen molar-refractivity contribution in [3.8, 4) is 0 Å². The van der Waals surface area contributed by atoms with Crippen LogP contribution in [0.1, 0.15) is 55.2 Å². The molecular weight excluding hydrogens is 374 g/mol. The summed E-state index contributed by atoms with van der Waals surface area (Å²) in [5.74, 6) is 2.06. The van der Waals surface area contributed by atoms with Crippen molar-refractivity contribution in [3.63, 3.8) is 0 Å². The molecule has 28 heavy (non-hydrogen) atoms. The van der Waals surface area contributed by atoms with Gasteiger partial charge in [0.25, 0.3) is 0 Å². The molecule has 4 rings (SSSR count). The number of aromatic nitrogens is 1. The monoisotopic (exact) mass is 401 g/mol. The zero-order valence-electron chi connectivity index (χ0n) is 16.3. The summed E-state index contributed by atoms with van der Waals surface area (Å²) in [5.41, 5.74) is 1.15. The first-order chi connectivity index (χ1) is 13.7. The molecule has 0 aliphatic carbocycles. The number of carbonyl (C=O) groups excluding carboxylic acids is 1. The van der Waals surface area contributed by atoms with Gasteiger partial charge >= 0.3 is 0 Å². The average molecular weight is 402 g/mol. The molecule has 0 unspecified atom stereocenters. The lowest BCUT2D eigenvalue weighted by molar-refractivity contribution is -0.134. The van der Waals surface area contributed by atoms with E-state index in [1.165, 1.54) is 19.3 Å². The molecule has 2 aromatic rings. The molecule has 2 saturated heterocycles. The van der Waals surface area contributed by atoms with Crippen molar-refractivity contribution in [2.75, 3.05) is 32.7 Å². The first-order valence-corrected chi connectivity index (χ1v) is 10.7. The normalized spacial score (nSPS) is 21.0. The number of amides is 1. The van der Waals surface area contributed by atoms with Gasteiger partial charge in [-0.15, -0.1) is 0 Å². The van der Waals surface area contributed by atoms with Crippen LogP contribution in [0.4, 0.5) is 0 Å². The van der Waals surface area contributed by atoms with Gasteiger partial charge in [0.15, 0.2) is 5.89 Å². The summed E-state index contributed by atoms with van der Waals surface area (Å²) < 4.78 is 6.04. The summed E-state index contributed by atoms with van der Waals surface area (Å²) in [6, 6.07) is 7.79. The van der Waals surface area contributed by atoms with E-state index in [-0.39, 0.29) is 11.8 Å². The van der Waals surface area contributed by atoms with Crippen LogP contribution in [0.25, 0.3) is 0 Å². The molecule has 150 valence electrons. The van der Waals surface area contributed by atoms with Crippen molar-refractivity contribution in [2.24, 2.45) is 0 Å². The Balaban J connectivity index is 1.34. The van der Waals surface area contributed by atoms with E-state index in [0.29, 0.717) is 19.5 Å². The summed E-state index contributed by atoms with van der Waals surface area (Å²) in [6.07, 6.45) is 8.26. The van der Waals surface area contributed by atoms with E-state index in [0.717, 1.165) is 54.7 Å². The maximum Gasteiger partial charge on any atom is 0.236 e. The first kappa shape index (κ1) is 19.5. The number of benzene rings is 1. The summed E-state index contributed by atoms with van der Waals surface area (Å²) >= 11 is 5.95. The number of rotatable bonds is 5. The molecule has 0 N–H and O–H groups in total. The van der Waals surface area contributed by atoms with E-state index in [1.807, 2.05) is 35.4 Å². The number of likely N-dealkylation sites (tertiary alicyclic amines) is 2. The number of carbonyl (C=O) groups is 1. The van der Waals surface area contributed by atoms with E-state index in [1.54, 1.807) is 0 Å². The predicted molar refractivity (Wildman–Crippen MR) is 110 cm³/mol. The minimum Gasteiger partial charge on any atom is -0.445 e. The Labute approximate surface area is 171 Å². The van der Waals surface area contributed by atoms with Crippen LogP contribution in [0, 0.1) is 0 Å². The largest absolute Gasteiger partial charge is 0.445 e. The molecular formula is C22H28ClN3O2. The van der Waals surface area contributed by atoms with Crippen molar-refractivity contribution in [3.05, 3.63) is 52.7 Å². The van der Waals surface area contributed by atoms with Crippen molar-refractivity contribution in [2.45, 2.75) is 44.4 Å². The number of nitrogens with zero attached hydrogens (tertiary/aromatic N) is 3. The third kappa shape index (κ3) is 4.95. The number of hydrogen-bond acceptors (Lipinski definition) is 4. The topological polar surface area (TPSA) is 49.6 Å². The van der Waals surface area contributed by atoms with Crippen LogP contribution in [0.2, 0.25) is 5.02 Å². The smallest absolute Gasteiger partial charge is 0.236 e. The van der Waals surface area contributed by atoms with Crippen molar-refractivity contribution >= 4 is 17.5 Å². The second-order valence-corrected chi connectivity index (χ2v) is 8.42. The minimum atomic E-state index is 0.193. The molecule has 0 spiro atoms. The van der Waals surface area contributed by atoms with Gasteiger partial charge < -0.3 is 9.32 Å². The lowest BCUT2D eigenvalue weighted by atomic mass is 9.98. The molecule has 0 bridgehead atoms. The van der Waals surface area contributed by atoms with Crippen LogP contribution in [-0.4, -0.2) is 53.4 Å². The van der Waals surface area contributed by atoms with E-state index < -0.39 is 0 Å². The molecule has 2 aliphatic rings. The Bertz CT molecular complexity index is 783. The van der Waals surface area contributed by atoms with Gasteiger partial charge in [-0.25, -0.2) is 4.98 Å². The number of piperidine rings is 2. The Morgan fingerprint density at radius 1 is 1.11 bits per heavy atom. The fourth-order valence-corrected chi connectivity index (χ4v) is 4.34. The van der Waals surface area contributed by atoms with Crippen molar-refractivity contribution in [1.29, 1.82) is 0 Å². The van der Waals surface area contributed by atoms with Gasteiger partial charge in [0.05, 0.1) is 18.7 Å². The summed E-state index contributed by atoms with van der Waals surface area (Å²) in [6.45, 7) is 4.23.